The van der Waals surface area contributed by atoms with Gasteiger partial charge in [-0.15, -0.1) is 0 Å². The number of hydrogen-bond donors (Lipinski definition) is 2. The average Bonchev–Trinajstić information content (AvgIpc) is 2.62. The number of nitrogens with zero attached hydrogens (tertiary/aromatic N) is 2. The number of aromatic nitrogens is 2. The molecule has 8 heteroatoms. The van der Waals surface area contributed by atoms with Crippen LogP contribution >= 0.6 is 15.9 Å². The maximum Gasteiger partial charge on any atom is 0.421 e. The quantitative estimate of drug-likeness (QED) is 0.434. The fourth-order valence-electron chi connectivity index (χ4n) is 2.61. The highest BCUT2D eigenvalue weighted by molar-refractivity contribution is 9.10. The van der Waals surface area contributed by atoms with E-state index in [1.165, 1.54) is 0 Å². The summed E-state index contributed by atoms with van der Waals surface area (Å²) in [6.45, 7) is 6.12. The van der Waals surface area contributed by atoms with Gasteiger partial charge in [0.2, 0.25) is 5.95 Å². The molecule has 0 spiro atoms. The molecule has 29 heavy (non-hydrogen) atoms. The normalized spacial score (nSPS) is 12.0. The number of alkyl halides is 3. The highest BCUT2D eigenvalue weighted by Crippen LogP contribution is 2.36. The van der Waals surface area contributed by atoms with Gasteiger partial charge in [-0.1, -0.05) is 48.8 Å². The summed E-state index contributed by atoms with van der Waals surface area (Å²) in [4.78, 5) is 7.91. The van der Waals surface area contributed by atoms with Crippen LogP contribution in [-0.4, -0.2) is 9.97 Å². The van der Waals surface area contributed by atoms with E-state index in [0.29, 0.717) is 11.4 Å². The van der Waals surface area contributed by atoms with Gasteiger partial charge in [-0.05, 0) is 47.4 Å². The zero-order valence-electron chi connectivity index (χ0n) is 16.1. The van der Waals surface area contributed by atoms with Crippen LogP contribution in [0.1, 0.15) is 31.9 Å². The third-order valence-corrected chi connectivity index (χ3v) is 4.71. The lowest BCUT2D eigenvalue weighted by Gasteiger charge is -2.20. The lowest BCUT2D eigenvalue weighted by molar-refractivity contribution is -0.137. The molecule has 152 valence electrons. The summed E-state index contributed by atoms with van der Waals surface area (Å²) >= 11 is 3.34. The monoisotopic (exact) mass is 464 g/mol. The van der Waals surface area contributed by atoms with Gasteiger partial charge in [-0.3, -0.25) is 0 Å². The summed E-state index contributed by atoms with van der Waals surface area (Å²) in [5.41, 5.74) is 1.12. The Morgan fingerprint density at radius 2 is 1.59 bits per heavy atom. The van der Waals surface area contributed by atoms with Crippen molar-refractivity contribution >= 4 is 39.1 Å². The standard InChI is InChI=1S/C21H20BrF3N4/c1-20(2,3)13-5-4-6-16(11-13)27-18-17(21(23,24)25)12-26-19(29-18)28-15-9-7-14(22)8-10-15/h4-12H,1-3H3,(H2,26,27,28,29). The minimum absolute atomic E-state index is 0.0646. The first kappa shape index (κ1) is 21.1. The maximum absolute atomic E-state index is 13.5. The van der Waals surface area contributed by atoms with Crippen molar-refractivity contribution < 1.29 is 13.2 Å². The van der Waals surface area contributed by atoms with E-state index >= 15 is 0 Å². The third kappa shape index (κ3) is 5.47. The number of benzene rings is 2. The zero-order valence-corrected chi connectivity index (χ0v) is 17.7. The van der Waals surface area contributed by atoms with Crippen LogP contribution in [0.5, 0.6) is 0 Å². The number of rotatable bonds is 4. The van der Waals surface area contributed by atoms with Crippen molar-refractivity contribution in [1.29, 1.82) is 0 Å². The second-order valence-electron chi connectivity index (χ2n) is 7.54. The van der Waals surface area contributed by atoms with Crippen molar-refractivity contribution in [2.45, 2.75) is 32.4 Å². The van der Waals surface area contributed by atoms with Crippen LogP contribution in [0.4, 0.5) is 36.3 Å². The molecule has 2 N–H and O–H groups in total. The Morgan fingerprint density at radius 1 is 0.897 bits per heavy atom. The molecule has 0 atom stereocenters. The summed E-state index contributed by atoms with van der Waals surface area (Å²) in [7, 11) is 0. The first-order valence-electron chi connectivity index (χ1n) is 8.87. The fraction of sp³-hybridized carbons (Fsp3) is 0.238. The van der Waals surface area contributed by atoms with E-state index in [0.717, 1.165) is 16.2 Å². The van der Waals surface area contributed by atoms with E-state index in [1.807, 2.05) is 45.0 Å². The van der Waals surface area contributed by atoms with Gasteiger partial charge in [-0.25, -0.2) is 4.98 Å². The molecule has 3 rings (SSSR count). The molecule has 2 aromatic carbocycles. The van der Waals surface area contributed by atoms with Crippen molar-refractivity contribution in [3.63, 3.8) is 0 Å². The van der Waals surface area contributed by atoms with Crippen molar-refractivity contribution in [2.24, 2.45) is 0 Å². The highest BCUT2D eigenvalue weighted by atomic mass is 79.9. The minimum atomic E-state index is -4.58. The van der Waals surface area contributed by atoms with Crippen molar-refractivity contribution in [3.05, 3.63) is 70.3 Å². The minimum Gasteiger partial charge on any atom is -0.340 e. The van der Waals surface area contributed by atoms with Gasteiger partial charge in [0, 0.05) is 22.0 Å². The molecular weight excluding hydrogens is 445 g/mol. The molecule has 1 heterocycles. The smallest absolute Gasteiger partial charge is 0.340 e. The van der Waals surface area contributed by atoms with Crippen molar-refractivity contribution in [2.75, 3.05) is 10.6 Å². The van der Waals surface area contributed by atoms with E-state index in [9.17, 15) is 13.2 Å². The second kappa shape index (κ2) is 8.02. The molecule has 0 saturated heterocycles. The Labute approximate surface area is 175 Å². The Balaban J connectivity index is 1.95. The first-order valence-corrected chi connectivity index (χ1v) is 9.66. The van der Waals surface area contributed by atoms with E-state index in [-0.39, 0.29) is 17.2 Å². The molecule has 1 aromatic heterocycles. The molecule has 0 aliphatic carbocycles. The largest absolute Gasteiger partial charge is 0.421 e. The van der Waals surface area contributed by atoms with Crippen LogP contribution in [0, 0.1) is 0 Å². The van der Waals surface area contributed by atoms with Gasteiger partial charge in [0.05, 0.1) is 0 Å². The number of hydrogen-bond acceptors (Lipinski definition) is 4. The summed E-state index contributed by atoms with van der Waals surface area (Å²) in [5.74, 6) is -0.243. The molecule has 0 aliphatic rings. The highest BCUT2D eigenvalue weighted by Gasteiger charge is 2.35. The van der Waals surface area contributed by atoms with Crippen LogP contribution in [0.2, 0.25) is 0 Å². The van der Waals surface area contributed by atoms with Crippen LogP contribution in [0.25, 0.3) is 0 Å². The summed E-state index contributed by atoms with van der Waals surface area (Å²) in [5, 5.41) is 5.73. The predicted octanol–water partition coefficient (Wildman–Crippen LogP) is 7.04. The molecule has 0 aliphatic heterocycles. The maximum atomic E-state index is 13.5. The number of anilines is 4. The van der Waals surface area contributed by atoms with Crippen LogP contribution in [-0.2, 0) is 11.6 Å². The molecule has 0 saturated carbocycles. The zero-order chi connectivity index (χ0) is 21.2. The molecule has 4 nitrogen and oxygen atoms in total. The van der Waals surface area contributed by atoms with E-state index < -0.39 is 11.7 Å². The van der Waals surface area contributed by atoms with E-state index in [1.54, 1.807) is 24.3 Å². The third-order valence-electron chi connectivity index (χ3n) is 4.19. The molecule has 0 radical (unpaired) electrons. The first-order chi connectivity index (χ1) is 13.5. The molecule has 0 bridgehead atoms. The topological polar surface area (TPSA) is 49.8 Å². The van der Waals surface area contributed by atoms with Gasteiger partial charge in [0.25, 0.3) is 0 Å². The summed E-state index contributed by atoms with van der Waals surface area (Å²) in [6.07, 6.45) is -3.80. The van der Waals surface area contributed by atoms with Crippen LogP contribution < -0.4 is 10.6 Å². The summed E-state index contributed by atoms with van der Waals surface area (Å²) < 4.78 is 41.3. The Kier molecular flexibility index (Phi) is 5.84. The lowest BCUT2D eigenvalue weighted by Crippen LogP contribution is -2.14. The molecular formula is C21H20BrF3N4. The van der Waals surface area contributed by atoms with Gasteiger partial charge in [0.1, 0.15) is 11.4 Å². The van der Waals surface area contributed by atoms with E-state index in [2.05, 4.69) is 36.5 Å². The molecule has 0 fully saturated rings. The van der Waals surface area contributed by atoms with Crippen LogP contribution in [0.15, 0.2) is 59.2 Å². The Hall–Kier alpha value is -2.61. The Morgan fingerprint density at radius 3 is 2.21 bits per heavy atom. The number of halogens is 4. The summed E-state index contributed by atoms with van der Waals surface area (Å²) in [6, 6.07) is 14.4. The van der Waals surface area contributed by atoms with Gasteiger partial charge >= 0.3 is 6.18 Å². The molecule has 0 unspecified atom stereocenters. The SMILES string of the molecule is CC(C)(C)c1cccc(Nc2nc(Nc3ccc(Br)cc3)ncc2C(F)(F)F)c1. The second-order valence-corrected chi connectivity index (χ2v) is 8.46. The fourth-order valence-corrected chi connectivity index (χ4v) is 2.87. The lowest BCUT2D eigenvalue weighted by atomic mass is 9.87. The van der Waals surface area contributed by atoms with Crippen molar-refractivity contribution in [1.82, 2.24) is 9.97 Å². The average molecular weight is 465 g/mol. The Bertz CT molecular complexity index is 996. The van der Waals surface area contributed by atoms with Gasteiger partial charge < -0.3 is 10.6 Å². The van der Waals surface area contributed by atoms with Crippen LogP contribution in [0.3, 0.4) is 0 Å². The van der Waals surface area contributed by atoms with Gasteiger partial charge in [0.15, 0.2) is 0 Å². The predicted molar refractivity (Wildman–Crippen MR) is 113 cm³/mol. The van der Waals surface area contributed by atoms with Gasteiger partial charge in [-0.2, -0.15) is 18.2 Å². The molecule has 0 amide bonds. The van der Waals surface area contributed by atoms with E-state index in [4.69, 9.17) is 0 Å². The van der Waals surface area contributed by atoms with Crippen molar-refractivity contribution in [3.8, 4) is 0 Å². The molecule has 3 aromatic rings. The number of nitrogens with one attached hydrogen (secondary N) is 2.